The van der Waals surface area contributed by atoms with Gasteiger partial charge in [-0.2, -0.15) is 0 Å². The van der Waals surface area contributed by atoms with E-state index in [1.165, 1.54) is 19.3 Å². The lowest BCUT2D eigenvalue weighted by Gasteiger charge is -2.25. The number of carbonyl (C=O) groups is 2. The van der Waals surface area contributed by atoms with E-state index in [0.29, 0.717) is 6.42 Å². The SMILES string of the molecule is O=C1CC2(CCCCCCC2)C(=O)O1. The summed E-state index contributed by atoms with van der Waals surface area (Å²) in [6.45, 7) is 0. The van der Waals surface area contributed by atoms with E-state index in [2.05, 4.69) is 4.74 Å². The fourth-order valence-corrected chi connectivity index (χ4v) is 2.56. The van der Waals surface area contributed by atoms with Gasteiger partial charge in [-0.25, -0.2) is 0 Å². The van der Waals surface area contributed by atoms with Crippen LogP contribution in [0.3, 0.4) is 0 Å². The Morgan fingerprint density at radius 3 is 2.00 bits per heavy atom. The predicted octanol–water partition coefficient (Wildman–Crippen LogP) is 2.19. The molecule has 0 N–H and O–H groups in total. The maximum absolute atomic E-state index is 11.6. The molecule has 0 aromatic rings. The first-order valence-corrected chi connectivity index (χ1v) is 5.48. The van der Waals surface area contributed by atoms with Crippen LogP contribution < -0.4 is 0 Å². The molecule has 0 unspecified atom stereocenters. The van der Waals surface area contributed by atoms with Gasteiger partial charge < -0.3 is 4.74 Å². The summed E-state index contributed by atoms with van der Waals surface area (Å²) < 4.78 is 4.67. The normalized spacial score (nSPS) is 27.1. The largest absolute Gasteiger partial charge is 0.393 e. The van der Waals surface area contributed by atoms with Gasteiger partial charge in [-0.15, -0.1) is 0 Å². The highest BCUT2D eigenvalue weighted by atomic mass is 16.6. The van der Waals surface area contributed by atoms with Gasteiger partial charge in [-0.1, -0.05) is 32.1 Å². The topological polar surface area (TPSA) is 43.4 Å². The molecular formula is C11H16O3. The molecule has 1 aliphatic carbocycles. The number of cyclic esters (lactones) is 2. The molecule has 2 rings (SSSR count). The van der Waals surface area contributed by atoms with E-state index in [1.54, 1.807) is 0 Å². The molecule has 1 saturated carbocycles. The minimum absolute atomic E-state index is 0.260. The third kappa shape index (κ3) is 1.68. The van der Waals surface area contributed by atoms with Crippen molar-refractivity contribution in [2.24, 2.45) is 5.41 Å². The minimum Gasteiger partial charge on any atom is -0.393 e. The highest BCUT2D eigenvalue weighted by Gasteiger charge is 2.48. The summed E-state index contributed by atoms with van der Waals surface area (Å²) in [4.78, 5) is 22.7. The minimum atomic E-state index is -0.433. The Kier molecular flexibility index (Phi) is 2.57. The van der Waals surface area contributed by atoms with Crippen LogP contribution in [0.5, 0.6) is 0 Å². The molecule has 3 nitrogen and oxygen atoms in total. The van der Waals surface area contributed by atoms with E-state index in [1.807, 2.05) is 0 Å². The van der Waals surface area contributed by atoms with Crippen LogP contribution in [-0.4, -0.2) is 11.9 Å². The first-order valence-electron chi connectivity index (χ1n) is 5.48. The highest BCUT2D eigenvalue weighted by molar-refractivity contribution is 5.97. The summed E-state index contributed by atoms with van der Waals surface area (Å²) in [5, 5.41) is 0. The number of ether oxygens (including phenoxy) is 1. The molecule has 1 saturated heterocycles. The lowest BCUT2D eigenvalue weighted by molar-refractivity contribution is -0.155. The van der Waals surface area contributed by atoms with Crippen LogP contribution in [0.1, 0.15) is 51.4 Å². The van der Waals surface area contributed by atoms with Crippen molar-refractivity contribution in [3.8, 4) is 0 Å². The van der Waals surface area contributed by atoms with E-state index in [-0.39, 0.29) is 11.9 Å². The van der Waals surface area contributed by atoms with E-state index in [0.717, 1.165) is 25.7 Å². The molecule has 0 bridgehead atoms. The summed E-state index contributed by atoms with van der Waals surface area (Å²) in [6.07, 6.45) is 7.76. The van der Waals surface area contributed by atoms with Crippen LogP contribution in [0.25, 0.3) is 0 Å². The molecule has 2 aliphatic rings. The van der Waals surface area contributed by atoms with E-state index >= 15 is 0 Å². The van der Waals surface area contributed by atoms with Gasteiger partial charge in [0.2, 0.25) is 0 Å². The molecule has 0 radical (unpaired) electrons. The van der Waals surface area contributed by atoms with Gasteiger partial charge in [0.25, 0.3) is 0 Å². The molecule has 14 heavy (non-hydrogen) atoms. The average molecular weight is 196 g/mol. The molecule has 0 aromatic heterocycles. The zero-order chi connectivity index (χ0) is 10.0. The highest BCUT2D eigenvalue weighted by Crippen LogP contribution is 2.42. The Balaban J connectivity index is 2.11. The fraction of sp³-hybridized carbons (Fsp3) is 0.818. The van der Waals surface area contributed by atoms with Crippen molar-refractivity contribution in [2.75, 3.05) is 0 Å². The molecule has 1 heterocycles. The van der Waals surface area contributed by atoms with Crippen LogP contribution in [0.15, 0.2) is 0 Å². The van der Waals surface area contributed by atoms with Crippen LogP contribution in [0.2, 0.25) is 0 Å². The second-order valence-corrected chi connectivity index (χ2v) is 4.49. The quantitative estimate of drug-likeness (QED) is 0.440. The van der Waals surface area contributed by atoms with Gasteiger partial charge in [0.15, 0.2) is 0 Å². The third-order valence-corrected chi connectivity index (χ3v) is 3.43. The third-order valence-electron chi connectivity index (χ3n) is 3.43. The first-order chi connectivity index (χ1) is 6.73. The average Bonchev–Trinajstić information content (AvgIpc) is 2.36. The summed E-state index contributed by atoms with van der Waals surface area (Å²) in [5.74, 6) is -0.583. The maximum Gasteiger partial charge on any atom is 0.320 e. The van der Waals surface area contributed by atoms with E-state index in [9.17, 15) is 9.59 Å². The Bertz CT molecular complexity index is 249. The molecule has 2 fully saturated rings. The monoisotopic (exact) mass is 196 g/mol. The lowest BCUT2D eigenvalue weighted by atomic mass is 9.75. The zero-order valence-corrected chi connectivity index (χ0v) is 8.38. The Morgan fingerprint density at radius 2 is 1.50 bits per heavy atom. The number of esters is 2. The zero-order valence-electron chi connectivity index (χ0n) is 8.38. The fourth-order valence-electron chi connectivity index (χ4n) is 2.56. The summed E-state index contributed by atoms with van der Waals surface area (Å²) in [5.41, 5.74) is -0.433. The van der Waals surface area contributed by atoms with Gasteiger partial charge in [0, 0.05) is 0 Å². The van der Waals surface area contributed by atoms with Crippen LogP contribution in [-0.2, 0) is 14.3 Å². The molecule has 0 amide bonds. The van der Waals surface area contributed by atoms with Crippen molar-refractivity contribution in [3.05, 3.63) is 0 Å². The second-order valence-electron chi connectivity index (χ2n) is 4.49. The predicted molar refractivity (Wildman–Crippen MR) is 50.5 cm³/mol. The number of carbonyl (C=O) groups excluding carboxylic acids is 2. The molecule has 3 heteroatoms. The molecule has 78 valence electrons. The standard InChI is InChI=1S/C11H16O3/c12-9-8-11(10(13)14-9)6-4-2-1-3-5-7-11/h1-8H2. The lowest BCUT2D eigenvalue weighted by Crippen LogP contribution is -2.27. The molecule has 1 aliphatic heterocycles. The van der Waals surface area contributed by atoms with Crippen LogP contribution >= 0.6 is 0 Å². The van der Waals surface area contributed by atoms with E-state index in [4.69, 9.17) is 0 Å². The second kappa shape index (κ2) is 3.71. The number of hydrogen-bond acceptors (Lipinski definition) is 3. The van der Waals surface area contributed by atoms with Crippen LogP contribution in [0, 0.1) is 5.41 Å². The van der Waals surface area contributed by atoms with Crippen LogP contribution in [0.4, 0.5) is 0 Å². The van der Waals surface area contributed by atoms with E-state index < -0.39 is 5.41 Å². The first kappa shape index (κ1) is 9.69. The van der Waals surface area contributed by atoms with Gasteiger partial charge >= 0.3 is 11.9 Å². The van der Waals surface area contributed by atoms with Crippen molar-refractivity contribution >= 4 is 11.9 Å². The molecule has 1 spiro atoms. The van der Waals surface area contributed by atoms with Gasteiger partial charge in [0.05, 0.1) is 11.8 Å². The maximum atomic E-state index is 11.6. The van der Waals surface area contributed by atoms with Crippen molar-refractivity contribution in [3.63, 3.8) is 0 Å². The Hall–Kier alpha value is -0.860. The van der Waals surface area contributed by atoms with Gasteiger partial charge in [0.1, 0.15) is 0 Å². The summed E-state index contributed by atoms with van der Waals surface area (Å²) in [6, 6.07) is 0. The Morgan fingerprint density at radius 1 is 0.929 bits per heavy atom. The molecular weight excluding hydrogens is 180 g/mol. The number of rotatable bonds is 0. The van der Waals surface area contributed by atoms with Gasteiger partial charge in [-0.05, 0) is 12.8 Å². The summed E-state index contributed by atoms with van der Waals surface area (Å²) >= 11 is 0. The number of hydrogen-bond donors (Lipinski definition) is 0. The van der Waals surface area contributed by atoms with Crippen molar-refractivity contribution < 1.29 is 14.3 Å². The Labute approximate surface area is 83.8 Å². The van der Waals surface area contributed by atoms with Gasteiger partial charge in [-0.3, -0.25) is 9.59 Å². The van der Waals surface area contributed by atoms with Crippen molar-refractivity contribution in [2.45, 2.75) is 51.4 Å². The van der Waals surface area contributed by atoms with Crippen molar-refractivity contribution in [1.82, 2.24) is 0 Å². The smallest absolute Gasteiger partial charge is 0.320 e. The molecule has 0 atom stereocenters. The summed E-state index contributed by atoms with van der Waals surface area (Å²) in [7, 11) is 0. The van der Waals surface area contributed by atoms with Crippen molar-refractivity contribution in [1.29, 1.82) is 0 Å². The molecule has 0 aromatic carbocycles.